The van der Waals surface area contributed by atoms with Crippen LogP contribution in [-0.2, 0) is 11.2 Å². The first-order valence-electron chi connectivity index (χ1n) is 9.30. The maximum absolute atomic E-state index is 12.5. The first kappa shape index (κ1) is 18.8. The molecule has 1 fully saturated rings. The summed E-state index contributed by atoms with van der Waals surface area (Å²) < 4.78 is 4.53. The number of anilines is 1. The molecule has 0 N–H and O–H groups in total. The summed E-state index contributed by atoms with van der Waals surface area (Å²) in [5.41, 5.74) is 1.26. The average Bonchev–Trinajstić information content (AvgIpc) is 2.89. The molecular weight excluding hydrogens is 344 g/mol. The third-order valence-electron chi connectivity index (χ3n) is 4.46. The van der Waals surface area contributed by atoms with Gasteiger partial charge in [-0.05, 0) is 17.4 Å². The fourth-order valence-corrected chi connectivity index (χ4v) is 3.88. The summed E-state index contributed by atoms with van der Waals surface area (Å²) in [6.45, 7) is 9.71. The van der Waals surface area contributed by atoms with Gasteiger partial charge in [-0.25, -0.2) is 4.98 Å². The maximum Gasteiger partial charge on any atom is 0.223 e. The molecule has 1 amide bonds. The van der Waals surface area contributed by atoms with E-state index in [1.807, 2.05) is 23.1 Å². The molecule has 3 rings (SSSR count). The minimum absolute atomic E-state index is 0.0364. The fourth-order valence-electron chi connectivity index (χ4n) is 3.15. The van der Waals surface area contributed by atoms with Crippen molar-refractivity contribution in [3.63, 3.8) is 0 Å². The van der Waals surface area contributed by atoms with Crippen molar-refractivity contribution in [2.75, 3.05) is 31.1 Å². The molecule has 26 heavy (non-hydrogen) atoms. The van der Waals surface area contributed by atoms with Gasteiger partial charge in [-0.1, -0.05) is 51.1 Å². The number of nitrogens with zero attached hydrogens (tertiary/aromatic N) is 4. The highest BCUT2D eigenvalue weighted by atomic mass is 32.1. The molecule has 0 radical (unpaired) electrons. The smallest absolute Gasteiger partial charge is 0.223 e. The van der Waals surface area contributed by atoms with Gasteiger partial charge < -0.3 is 9.80 Å². The van der Waals surface area contributed by atoms with Gasteiger partial charge in [-0.3, -0.25) is 4.79 Å². The number of carbonyl (C=O) groups excluding carboxylic acids is 1. The molecule has 1 aromatic heterocycles. The molecule has 5 nitrogen and oxygen atoms in total. The van der Waals surface area contributed by atoms with Crippen molar-refractivity contribution in [2.45, 2.75) is 40.0 Å². The van der Waals surface area contributed by atoms with Crippen LogP contribution in [0, 0.1) is 5.41 Å². The summed E-state index contributed by atoms with van der Waals surface area (Å²) in [6.07, 6.45) is 2.35. The van der Waals surface area contributed by atoms with Gasteiger partial charge in [-0.15, -0.1) is 0 Å². The first-order valence-corrected chi connectivity index (χ1v) is 10.1. The molecule has 2 aromatic rings. The molecule has 1 saturated heterocycles. The zero-order valence-electron chi connectivity index (χ0n) is 15.9. The van der Waals surface area contributed by atoms with Gasteiger partial charge in [0.1, 0.15) is 5.82 Å². The Labute approximate surface area is 160 Å². The molecule has 0 atom stereocenters. The van der Waals surface area contributed by atoms with Crippen LogP contribution in [0.2, 0.25) is 0 Å². The molecule has 140 valence electrons. The zero-order valence-corrected chi connectivity index (χ0v) is 16.8. The van der Waals surface area contributed by atoms with E-state index >= 15 is 0 Å². The van der Waals surface area contributed by atoms with Crippen LogP contribution in [-0.4, -0.2) is 46.3 Å². The van der Waals surface area contributed by atoms with E-state index in [4.69, 9.17) is 4.98 Å². The SMILES string of the molecule is CC(C)(C)CC(=O)N1CCCN(c2nc(Cc3ccccc3)ns2)CC1. The van der Waals surface area contributed by atoms with Gasteiger partial charge >= 0.3 is 0 Å². The highest BCUT2D eigenvalue weighted by Crippen LogP contribution is 2.23. The van der Waals surface area contributed by atoms with E-state index < -0.39 is 0 Å². The number of carbonyl (C=O) groups is 1. The van der Waals surface area contributed by atoms with Crippen molar-refractivity contribution in [2.24, 2.45) is 5.41 Å². The van der Waals surface area contributed by atoms with E-state index in [1.165, 1.54) is 17.1 Å². The van der Waals surface area contributed by atoms with Gasteiger partial charge in [0.15, 0.2) is 0 Å². The van der Waals surface area contributed by atoms with Gasteiger partial charge in [0.2, 0.25) is 11.0 Å². The molecule has 0 bridgehead atoms. The van der Waals surface area contributed by atoms with Crippen LogP contribution in [0.4, 0.5) is 5.13 Å². The van der Waals surface area contributed by atoms with Crippen molar-refractivity contribution in [3.8, 4) is 0 Å². The molecule has 1 aromatic carbocycles. The lowest BCUT2D eigenvalue weighted by molar-refractivity contribution is -0.132. The number of benzene rings is 1. The molecule has 0 saturated carbocycles. The Bertz CT molecular complexity index is 723. The summed E-state index contributed by atoms with van der Waals surface area (Å²) >= 11 is 1.47. The van der Waals surface area contributed by atoms with Crippen molar-refractivity contribution in [3.05, 3.63) is 41.7 Å². The van der Waals surface area contributed by atoms with E-state index in [9.17, 15) is 4.79 Å². The second-order valence-corrected chi connectivity index (χ2v) is 8.84. The van der Waals surface area contributed by atoms with Gasteiger partial charge in [0.25, 0.3) is 0 Å². The predicted molar refractivity (Wildman–Crippen MR) is 107 cm³/mol. The van der Waals surface area contributed by atoms with Crippen LogP contribution < -0.4 is 4.90 Å². The monoisotopic (exact) mass is 372 g/mol. The molecule has 6 heteroatoms. The predicted octanol–water partition coefficient (Wildman–Crippen LogP) is 3.60. The Morgan fingerprint density at radius 2 is 1.88 bits per heavy atom. The Morgan fingerprint density at radius 1 is 1.12 bits per heavy atom. The number of hydrogen-bond acceptors (Lipinski definition) is 5. The lowest BCUT2D eigenvalue weighted by atomic mass is 9.91. The normalized spacial score (nSPS) is 15.8. The van der Waals surface area contributed by atoms with E-state index in [-0.39, 0.29) is 11.3 Å². The highest BCUT2D eigenvalue weighted by Gasteiger charge is 2.24. The van der Waals surface area contributed by atoms with Crippen LogP contribution in [0.1, 0.15) is 45.0 Å². The zero-order chi connectivity index (χ0) is 18.6. The summed E-state index contributed by atoms with van der Waals surface area (Å²) in [5.74, 6) is 1.14. The number of amides is 1. The van der Waals surface area contributed by atoms with E-state index in [1.54, 1.807) is 0 Å². The first-order chi connectivity index (χ1) is 12.4. The molecule has 0 spiro atoms. The van der Waals surface area contributed by atoms with Crippen molar-refractivity contribution < 1.29 is 4.79 Å². The largest absolute Gasteiger partial charge is 0.345 e. The molecule has 2 heterocycles. The van der Waals surface area contributed by atoms with Crippen molar-refractivity contribution in [1.29, 1.82) is 0 Å². The highest BCUT2D eigenvalue weighted by molar-refractivity contribution is 7.09. The fraction of sp³-hybridized carbons (Fsp3) is 0.550. The van der Waals surface area contributed by atoms with Crippen molar-refractivity contribution >= 4 is 22.6 Å². The third-order valence-corrected chi connectivity index (χ3v) is 5.28. The van der Waals surface area contributed by atoms with Crippen LogP contribution in [0.15, 0.2) is 30.3 Å². The van der Waals surface area contributed by atoms with Crippen LogP contribution in [0.3, 0.4) is 0 Å². The van der Waals surface area contributed by atoms with Crippen LogP contribution in [0.5, 0.6) is 0 Å². The second-order valence-electron chi connectivity index (χ2n) is 8.11. The molecular formula is C20H28N4OS. The summed E-state index contributed by atoms with van der Waals surface area (Å²) in [4.78, 5) is 21.5. The van der Waals surface area contributed by atoms with E-state index in [0.717, 1.165) is 50.0 Å². The van der Waals surface area contributed by atoms with E-state index in [0.29, 0.717) is 6.42 Å². The maximum atomic E-state index is 12.5. The van der Waals surface area contributed by atoms with Gasteiger partial charge in [0, 0.05) is 50.6 Å². The summed E-state index contributed by atoms with van der Waals surface area (Å²) in [7, 11) is 0. The Morgan fingerprint density at radius 3 is 2.62 bits per heavy atom. The van der Waals surface area contributed by atoms with Gasteiger partial charge in [0.05, 0.1) is 0 Å². The average molecular weight is 373 g/mol. The Hall–Kier alpha value is -1.95. The summed E-state index contributed by atoms with van der Waals surface area (Å²) in [5, 5.41) is 0.973. The topological polar surface area (TPSA) is 49.3 Å². The van der Waals surface area contributed by atoms with Crippen molar-refractivity contribution in [1.82, 2.24) is 14.3 Å². The van der Waals surface area contributed by atoms with E-state index in [2.05, 4.69) is 42.2 Å². The van der Waals surface area contributed by atoms with Crippen LogP contribution >= 0.6 is 11.5 Å². The number of hydrogen-bond donors (Lipinski definition) is 0. The summed E-state index contributed by atoms with van der Waals surface area (Å²) in [6, 6.07) is 10.3. The quantitative estimate of drug-likeness (QED) is 0.823. The van der Waals surface area contributed by atoms with Crippen LogP contribution in [0.25, 0.3) is 0 Å². The Balaban J connectivity index is 1.58. The molecule has 1 aliphatic rings. The lowest BCUT2D eigenvalue weighted by Crippen LogP contribution is -2.36. The molecule has 1 aliphatic heterocycles. The molecule has 0 unspecified atom stereocenters. The lowest BCUT2D eigenvalue weighted by Gasteiger charge is -2.25. The number of aromatic nitrogens is 2. The second kappa shape index (κ2) is 8.16. The van der Waals surface area contributed by atoms with Gasteiger partial charge in [-0.2, -0.15) is 4.37 Å². The third kappa shape index (κ3) is 5.27. The molecule has 0 aliphatic carbocycles. The minimum Gasteiger partial charge on any atom is -0.345 e. The standard InChI is InChI=1S/C20H28N4OS/c1-20(2,3)15-18(25)23-10-7-11-24(13-12-23)19-21-17(22-26-19)14-16-8-5-4-6-9-16/h4-6,8-9H,7,10-15H2,1-3H3. The number of rotatable bonds is 4. The minimum atomic E-state index is 0.0364. The Kier molecular flexibility index (Phi) is 5.91.